The molecule has 0 radical (unpaired) electrons. The van der Waals surface area contributed by atoms with Crippen molar-refractivity contribution in [2.24, 2.45) is 5.92 Å². The molecule has 1 aromatic heterocycles. The quantitative estimate of drug-likeness (QED) is 0.630. The molecule has 0 bridgehead atoms. The van der Waals surface area contributed by atoms with Gasteiger partial charge in [0.2, 0.25) is 0 Å². The number of aromatic nitrogens is 1. The van der Waals surface area contributed by atoms with Gasteiger partial charge < -0.3 is 19.8 Å². The fraction of sp³-hybridized carbons (Fsp3) is 0.480. The number of carbonyl (C=O) groups is 3. The van der Waals surface area contributed by atoms with Crippen LogP contribution < -0.4 is 10.2 Å². The van der Waals surface area contributed by atoms with Crippen molar-refractivity contribution in [2.75, 3.05) is 11.5 Å². The zero-order valence-electron chi connectivity index (χ0n) is 20.1. The van der Waals surface area contributed by atoms with Crippen molar-refractivity contribution < 1.29 is 23.9 Å². The van der Waals surface area contributed by atoms with E-state index < -0.39 is 23.7 Å². The van der Waals surface area contributed by atoms with Crippen molar-refractivity contribution in [1.82, 2.24) is 10.3 Å². The first-order valence-electron chi connectivity index (χ1n) is 11.3. The summed E-state index contributed by atoms with van der Waals surface area (Å²) in [5, 5.41) is 2.88. The smallest absolute Gasteiger partial charge is 0.408 e. The monoisotopic (exact) mass is 455 g/mol. The molecule has 2 amide bonds. The van der Waals surface area contributed by atoms with Crippen molar-refractivity contribution in [1.29, 1.82) is 0 Å². The van der Waals surface area contributed by atoms with E-state index >= 15 is 0 Å². The molecule has 1 aromatic carbocycles. The maximum Gasteiger partial charge on any atom is 0.408 e. The van der Waals surface area contributed by atoms with E-state index in [2.05, 4.69) is 10.3 Å². The van der Waals surface area contributed by atoms with Gasteiger partial charge >= 0.3 is 12.1 Å². The summed E-state index contributed by atoms with van der Waals surface area (Å²) in [6.07, 6.45) is -0.122. The molecule has 8 heteroatoms. The molecule has 0 aliphatic carbocycles. The van der Waals surface area contributed by atoms with Crippen molar-refractivity contribution >= 4 is 23.7 Å². The Morgan fingerprint density at radius 2 is 1.85 bits per heavy atom. The van der Waals surface area contributed by atoms with E-state index in [-0.39, 0.29) is 24.5 Å². The first-order chi connectivity index (χ1) is 15.5. The van der Waals surface area contributed by atoms with E-state index in [4.69, 9.17) is 9.47 Å². The number of alkyl carbamates (subject to hydrolysis) is 1. The van der Waals surface area contributed by atoms with Gasteiger partial charge in [-0.25, -0.2) is 9.59 Å². The van der Waals surface area contributed by atoms with Crippen LogP contribution in [0.2, 0.25) is 0 Å². The maximum atomic E-state index is 13.5. The minimum Gasteiger partial charge on any atom is -0.464 e. The zero-order valence-corrected chi connectivity index (χ0v) is 20.1. The molecular weight excluding hydrogens is 422 g/mol. The van der Waals surface area contributed by atoms with Crippen molar-refractivity contribution in [2.45, 2.75) is 65.6 Å². The molecule has 2 heterocycles. The van der Waals surface area contributed by atoms with Crippen LogP contribution in [-0.4, -0.2) is 41.2 Å². The molecule has 1 aliphatic rings. The maximum absolute atomic E-state index is 13.5. The predicted molar refractivity (Wildman–Crippen MR) is 125 cm³/mol. The van der Waals surface area contributed by atoms with Crippen molar-refractivity contribution in [3.63, 3.8) is 0 Å². The first kappa shape index (κ1) is 24.4. The summed E-state index contributed by atoms with van der Waals surface area (Å²) >= 11 is 0. The number of rotatable bonds is 6. The van der Waals surface area contributed by atoms with Gasteiger partial charge in [-0.05, 0) is 57.4 Å². The summed E-state index contributed by atoms with van der Waals surface area (Å²) in [5.41, 5.74) is 2.01. The minimum atomic E-state index is -0.720. The Balaban J connectivity index is 1.86. The Labute approximate surface area is 194 Å². The van der Waals surface area contributed by atoms with Gasteiger partial charge in [0.25, 0.3) is 5.91 Å². The lowest BCUT2D eigenvalue weighted by Crippen LogP contribution is -2.44. The van der Waals surface area contributed by atoms with Crippen LogP contribution >= 0.6 is 0 Å². The molecule has 2 N–H and O–H groups in total. The average molecular weight is 456 g/mol. The Morgan fingerprint density at radius 3 is 2.48 bits per heavy atom. The van der Waals surface area contributed by atoms with E-state index in [1.54, 1.807) is 39.8 Å². The van der Waals surface area contributed by atoms with Crippen LogP contribution in [0.5, 0.6) is 0 Å². The average Bonchev–Trinajstić information content (AvgIpc) is 3.35. The van der Waals surface area contributed by atoms with E-state index in [1.807, 2.05) is 38.1 Å². The standard InChI is InChI=1S/C25H33N3O5/c1-7-32-23(30)20-14-16-10-8-9-11-19(16)28(20)22(29)18-13-12-17(26-18)21(15(2)3)27-24(31)33-25(4,5)6/h8-13,15,20-21,26H,7,14H2,1-6H3,(H,27,31)/t20-,21-/m0/s1. The molecule has 0 spiro atoms. The number of nitrogens with zero attached hydrogens (tertiary/aromatic N) is 1. The normalized spacial score (nSPS) is 16.3. The Kier molecular flexibility index (Phi) is 7.15. The summed E-state index contributed by atoms with van der Waals surface area (Å²) < 4.78 is 10.6. The molecule has 2 atom stereocenters. The molecule has 33 heavy (non-hydrogen) atoms. The third-order valence-corrected chi connectivity index (χ3v) is 5.37. The van der Waals surface area contributed by atoms with Crippen LogP contribution in [0, 0.1) is 5.92 Å². The number of carbonyl (C=O) groups excluding carboxylic acids is 3. The number of H-pyrrole nitrogens is 1. The lowest BCUT2D eigenvalue weighted by molar-refractivity contribution is -0.144. The number of aromatic amines is 1. The van der Waals surface area contributed by atoms with Crippen LogP contribution in [0.1, 0.15) is 69.3 Å². The fourth-order valence-electron chi connectivity index (χ4n) is 3.95. The number of nitrogens with one attached hydrogen (secondary N) is 2. The second-order valence-electron chi connectivity index (χ2n) is 9.47. The molecule has 2 aromatic rings. The molecule has 3 rings (SSSR count). The van der Waals surface area contributed by atoms with Gasteiger partial charge in [0, 0.05) is 17.8 Å². The molecule has 0 saturated carbocycles. The second-order valence-corrected chi connectivity index (χ2v) is 9.47. The Bertz CT molecular complexity index is 1020. The van der Waals surface area contributed by atoms with Gasteiger partial charge in [0.15, 0.2) is 0 Å². The van der Waals surface area contributed by atoms with Gasteiger partial charge in [-0.2, -0.15) is 0 Å². The first-order valence-corrected chi connectivity index (χ1v) is 11.3. The van der Waals surface area contributed by atoms with E-state index in [9.17, 15) is 14.4 Å². The Morgan fingerprint density at radius 1 is 1.15 bits per heavy atom. The summed E-state index contributed by atoms with van der Waals surface area (Å²) in [5.74, 6) is -0.719. The number of ether oxygens (including phenoxy) is 2. The van der Waals surface area contributed by atoms with Crippen LogP contribution in [-0.2, 0) is 20.7 Å². The molecular formula is C25H33N3O5. The molecule has 0 saturated heterocycles. The number of benzene rings is 1. The van der Waals surface area contributed by atoms with E-state index in [1.165, 1.54) is 4.90 Å². The molecule has 1 aliphatic heterocycles. The lowest BCUT2D eigenvalue weighted by Gasteiger charge is -2.25. The summed E-state index contributed by atoms with van der Waals surface area (Å²) in [6, 6.07) is 9.81. The van der Waals surface area contributed by atoms with E-state index in [0.717, 1.165) is 5.56 Å². The zero-order chi connectivity index (χ0) is 24.3. The summed E-state index contributed by atoms with van der Waals surface area (Å²) in [6.45, 7) is 11.3. The highest BCUT2D eigenvalue weighted by Crippen LogP contribution is 2.34. The predicted octanol–water partition coefficient (Wildman–Crippen LogP) is 4.37. The molecule has 8 nitrogen and oxygen atoms in total. The topological polar surface area (TPSA) is 101 Å². The van der Waals surface area contributed by atoms with Gasteiger partial charge in [-0.3, -0.25) is 9.69 Å². The number of fused-ring (bicyclic) bond motifs is 1. The van der Waals surface area contributed by atoms with Crippen LogP contribution in [0.3, 0.4) is 0 Å². The van der Waals surface area contributed by atoms with Crippen LogP contribution in [0.15, 0.2) is 36.4 Å². The number of anilines is 1. The summed E-state index contributed by atoms with van der Waals surface area (Å²) in [7, 11) is 0. The second kappa shape index (κ2) is 9.68. The largest absolute Gasteiger partial charge is 0.464 e. The molecule has 178 valence electrons. The summed E-state index contributed by atoms with van der Waals surface area (Å²) in [4.78, 5) is 43.1. The highest BCUT2D eigenvalue weighted by Gasteiger charge is 2.40. The van der Waals surface area contributed by atoms with Gasteiger partial charge in [0.1, 0.15) is 17.3 Å². The van der Waals surface area contributed by atoms with E-state index in [0.29, 0.717) is 23.5 Å². The van der Waals surface area contributed by atoms with Gasteiger partial charge in [-0.15, -0.1) is 0 Å². The highest BCUT2D eigenvalue weighted by molar-refractivity contribution is 6.10. The minimum absolute atomic E-state index is 0.0407. The number of amides is 2. The van der Waals surface area contributed by atoms with Crippen LogP contribution in [0.4, 0.5) is 10.5 Å². The van der Waals surface area contributed by atoms with Crippen LogP contribution in [0.25, 0.3) is 0 Å². The lowest BCUT2D eigenvalue weighted by atomic mass is 10.0. The number of esters is 1. The molecule has 0 fully saturated rings. The highest BCUT2D eigenvalue weighted by atomic mass is 16.6. The molecule has 0 unspecified atom stereocenters. The van der Waals surface area contributed by atoms with Crippen molar-refractivity contribution in [3.8, 4) is 0 Å². The number of hydrogen-bond acceptors (Lipinski definition) is 5. The third-order valence-electron chi connectivity index (χ3n) is 5.37. The number of para-hydroxylation sites is 1. The fourth-order valence-corrected chi connectivity index (χ4v) is 3.95. The third kappa shape index (κ3) is 5.56. The number of hydrogen-bond donors (Lipinski definition) is 2. The van der Waals surface area contributed by atoms with Crippen molar-refractivity contribution in [3.05, 3.63) is 53.3 Å². The SMILES string of the molecule is CCOC(=O)[C@@H]1Cc2ccccc2N1C(=O)c1ccc([C@@H](NC(=O)OC(C)(C)C)C(C)C)[nH]1. The van der Waals surface area contributed by atoms with Gasteiger partial charge in [0.05, 0.1) is 12.6 Å². The Hall–Kier alpha value is -3.29. The van der Waals surface area contributed by atoms with Gasteiger partial charge in [-0.1, -0.05) is 32.0 Å².